The van der Waals surface area contributed by atoms with Gasteiger partial charge in [0.05, 0.1) is 11.4 Å². The molecule has 6 nitrogen and oxygen atoms in total. The fourth-order valence-electron chi connectivity index (χ4n) is 3.63. The summed E-state index contributed by atoms with van der Waals surface area (Å²) < 4.78 is 26.1. The lowest BCUT2D eigenvalue weighted by atomic mass is 10.1. The van der Waals surface area contributed by atoms with E-state index in [9.17, 15) is 18.4 Å². The molecule has 0 spiro atoms. The molecule has 192 valence electrons. The monoisotopic (exact) mass is 540 g/mol. The van der Waals surface area contributed by atoms with Gasteiger partial charge in [0, 0.05) is 34.7 Å². The van der Waals surface area contributed by atoms with Gasteiger partial charge < -0.3 is 10.6 Å². The van der Waals surface area contributed by atoms with Crippen LogP contribution < -0.4 is 10.6 Å². The van der Waals surface area contributed by atoms with Crippen LogP contribution in [0.15, 0.2) is 59.3 Å². The predicted octanol–water partition coefficient (Wildman–Crippen LogP) is 7.52. The smallest absolute Gasteiger partial charge is 0.226 e. The molecule has 0 radical (unpaired) electrons. The van der Waals surface area contributed by atoms with E-state index in [0.717, 1.165) is 43.2 Å². The summed E-state index contributed by atoms with van der Waals surface area (Å²) in [5, 5.41) is 10.4. The topological polar surface area (TPSA) is 84.0 Å². The Bertz CT molecular complexity index is 1220. The van der Waals surface area contributed by atoms with Gasteiger partial charge in [-0.15, -0.1) is 22.7 Å². The number of hydrogen-bond acceptors (Lipinski definition) is 6. The maximum absolute atomic E-state index is 13.1. The largest absolute Gasteiger partial charge is 0.302 e. The van der Waals surface area contributed by atoms with Crippen molar-refractivity contribution in [3.63, 3.8) is 0 Å². The number of unbranched alkanes of at least 4 members (excludes halogenated alkanes) is 4. The molecule has 2 amide bonds. The summed E-state index contributed by atoms with van der Waals surface area (Å²) >= 11 is 2.68. The van der Waals surface area contributed by atoms with Gasteiger partial charge >= 0.3 is 0 Å². The Balaban J connectivity index is 1.07. The summed E-state index contributed by atoms with van der Waals surface area (Å²) in [4.78, 5) is 33.2. The molecule has 2 heterocycles. The van der Waals surface area contributed by atoms with Crippen LogP contribution in [0.5, 0.6) is 0 Å². The van der Waals surface area contributed by atoms with Gasteiger partial charge in [0.15, 0.2) is 10.3 Å². The van der Waals surface area contributed by atoms with E-state index in [1.807, 2.05) is 10.8 Å². The van der Waals surface area contributed by atoms with Gasteiger partial charge in [-0.05, 0) is 61.4 Å². The number of carbonyl (C=O) groups is 2. The number of nitrogens with one attached hydrogen (secondary N) is 2. The molecule has 4 rings (SSSR count). The summed E-state index contributed by atoms with van der Waals surface area (Å²) in [6.45, 7) is 0. The van der Waals surface area contributed by atoms with E-state index < -0.39 is 0 Å². The number of halogens is 2. The van der Waals surface area contributed by atoms with Gasteiger partial charge in [0.25, 0.3) is 0 Å². The third-order valence-corrected chi connectivity index (χ3v) is 7.10. The molecule has 2 N–H and O–H groups in total. The number of thiazole rings is 2. The molecule has 0 aliphatic rings. The molecule has 10 heteroatoms. The van der Waals surface area contributed by atoms with Crippen LogP contribution in [0.4, 0.5) is 19.0 Å². The lowest BCUT2D eigenvalue weighted by Gasteiger charge is -2.03. The summed E-state index contributed by atoms with van der Waals surface area (Å²) in [6.07, 6.45) is 5.10. The molecular weight excluding hydrogens is 514 g/mol. The Kier molecular flexibility index (Phi) is 9.45. The highest BCUT2D eigenvalue weighted by Crippen LogP contribution is 2.26. The fourth-order valence-corrected chi connectivity index (χ4v) is 5.11. The van der Waals surface area contributed by atoms with Crippen molar-refractivity contribution < 1.29 is 18.4 Å². The molecule has 0 atom stereocenters. The Labute approximate surface area is 221 Å². The van der Waals surface area contributed by atoms with Gasteiger partial charge in [-0.1, -0.05) is 19.3 Å². The molecule has 0 aliphatic heterocycles. The number of amides is 2. The van der Waals surface area contributed by atoms with Gasteiger partial charge in [0.2, 0.25) is 11.8 Å². The van der Waals surface area contributed by atoms with Crippen molar-refractivity contribution >= 4 is 44.8 Å². The highest BCUT2D eigenvalue weighted by molar-refractivity contribution is 7.14. The predicted molar refractivity (Wildman–Crippen MR) is 145 cm³/mol. The second-order valence-corrected chi connectivity index (χ2v) is 10.2. The average molecular weight is 541 g/mol. The van der Waals surface area contributed by atoms with Crippen molar-refractivity contribution in [2.75, 3.05) is 10.6 Å². The van der Waals surface area contributed by atoms with Crippen molar-refractivity contribution in [2.45, 2.75) is 44.9 Å². The Morgan fingerprint density at radius 1 is 0.622 bits per heavy atom. The van der Waals surface area contributed by atoms with E-state index in [-0.39, 0.29) is 23.4 Å². The first-order valence-corrected chi connectivity index (χ1v) is 13.7. The lowest BCUT2D eigenvalue weighted by Crippen LogP contribution is -2.11. The quantitative estimate of drug-likeness (QED) is 0.182. The zero-order valence-electron chi connectivity index (χ0n) is 20.0. The molecule has 0 fully saturated rings. The summed E-state index contributed by atoms with van der Waals surface area (Å²) in [6, 6.07) is 12.2. The van der Waals surface area contributed by atoms with E-state index in [1.54, 1.807) is 24.3 Å². The van der Waals surface area contributed by atoms with Crippen LogP contribution in [0.1, 0.15) is 44.9 Å². The molecule has 37 heavy (non-hydrogen) atoms. The summed E-state index contributed by atoms with van der Waals surface area (Å²) in [7, 11) is 0. The molecule has 0 saturated heterocycles. The van der Waals surface area contributed by atoms with Crippen LogP contribution in [0.3, 0.4) is 0 Å². The first-order chi connectivity index (χ1) is 18.0. The number of hydrogen-bond donors (Lipinski definition) is 2. The average Bonchev–Trinajstić information content (AvgIpc) is 3.54. The van der Waals surface area contributed by atoms with Crippen LogP contribution in [0, 0.1) is 11.6 Å². The van der Waals surface area contributed by atoms with E-state index in [4.69, 9.17) is 0 Å². The van der Waals surface area contributed by atoms with Gasteiger partial charge in [-0.25, -0.2) is 18.7 Å². The maximum atomic E-state index is 13.1. The molecule has 0 aliphatic carbocycles. The normalized spacial score (nSPS) is 10.9. The number of rotatable bonds is 12. The standard InChI is InChI=1S/C27H26F2N4O2S2/c28-20-12-8-18(9-13-20)22-16-36-26(30-22)32-24(34)6-4-2-1-3-5-7-25(35)33-27-31-23(17-37-27)19-10-14-21(29)15-11-19/h8-17H,1-7H2,(H,30,32,34)(H,31,33,35). The van der Waals surface area contributed by atoms with Crippen molar-refractivity contribution in [1.29, 1.82) is 0 Å². The Morgan fingerprint density at radius 2 is 1.00 bits per heavy atom. The van der Waals surface area contributed by atoms with E-state index in [1.165, 1.54) is 46.9 Å². The molecule has 2 aromatic carbocycles. The number of nitrogens with zero attached hydrogens (tertiary/aromatic N) is 2. The number of carbonyl (C=O) groups excluding carboxylic acids is 2. The second-order valence-electron chi connectivity index (χ2n) is 8.45. The van der Waals surface area contributed by atoms with E-state index >= 15 is 0 Å². The van der Waals surface area contributed by atoms with Crippen molar-refractivity contribution in [3.05, 3.63) is 70.9 Å². The number of aromatic nitrogens is 2. The van der Waals surface area contributed by atoms with Crippen LogP contribution in [-0.2, 0) is 9.59 Å². The van der Waals surface area contributed by atoms with E-state index in [0.29, 0.717) is 34.5 Å². The van der Waals surface area contributed by atoms with Crippen molar-refractivity contribution in [1.82, 2.24) is 9.97 Å². The SMILES string of the molecule is O=C(CCCCCCCC(=O)Nc1nc(-c2ccc(F)cc2)cs1)Nc1nc(-c2ccc(F)cc2)cs1. The van der Waals surface area contributed by atoms with Crippen LogP contribution >= 0.6 is 22.7 Å². The first kappa shape index (κ1) is 26.6. The molecule has 4 aromatic rings. The first-order valence-electron chi connectivity index (χ1n) is 12.0. The minimum Gasteiger partial charge on any atom is -0.302 e. The fraction of sp³-hybridized carbons (Fsp3) is 0.259. The van der Waals surface area contributed by atoms with Gasteiger partial charge in [-0.2, -0.15) is 0 Å². The summed E-state index contributed by atoms with van der Waals surface area (Å²) in [5.74, 6) is -0.764. The third-order valence-electron chi connectivity index (χ3n) is 5.59. The maximum Gasteiger partial charge on any atom is 0.226 e. The molecule has 0 saturated carbocycles. The molecule has 0 bridgehead atoms. The lowest BCUT2D eigenvalue weighted by molar-refractivity contribution is -0.117. The number of benzene rings is 2. The molecule has 0 unspecified atom stereocenters. The summed E-state index contributed by atoms with van der Waals surface area (Å²) in [5.41, 5.74) is 3.00. The zero-order valence-corrected chi connectivity index (χ0v) is 21.6. The van der Waals surface area contributed by atoms with Crippen molar-refractivity contribution in [2.24, 2.45) is 0 Å². The minimum absolute atomic E-state index is 0.0807. The van der Waals surface area contributed by atoms with E-state index in [2.05, 4.69) is 20.6 Å². The molecular formula is C27H26F2N4O2S2. The molecule has 2 aromatic heterocycles. The number of anilines is 2. The third kappa shape index (κ3) is 8.26. The highest BCUT2D eigenvalue weighted by Gasteiger charge is 2.10. The van der Waals surface area contributed by atoms with Crippen molar-refractivity contribution in [3.8, 4) is 22.5 Å². The Hall–Kier alpha value is -3.50. The zero-order chi connectivity index (χ0) is 26.0. The van der Waals surface area contributed by atoms with Crippen LogP contribution in [0.2, 0.25) is 0 Å². The second kappa shape index (κ2) is 13.2. The van der Waals surface area contributed by atoms with Crippen LogP contribution in [0.25, 0.3) is 22.5 Å². The highest BCUT2D eigenvalue weighted by atomic mass is 32.1. The Morgan fingerprint density at radius 3 is 1.41 bits per heavy atom. The van der Waals surface area contributed by atoms with Crippen LogP contribution in [-0.4, -0.2) is 21.8 Å². The minimum atomic E-state index is -0.301. The van der Waals surface area contributed by atoms with Gasteiger partial charge in [-0.3, -0.25) is 9.59 Å². The van der Waals surface area contributed by atoms with Gasteiger partial charge in [0.1, 0.15) is 11.6 Å².